The van der Waals surface area contributed by atoms with E-state index < -0.39 is 0 Å². The lowest BCUT2D eigenvalue weighted by molar-refractivity contribution is 0.154. The van der Waals surface area contributed by atoms with Gasteiger partial charge in [0.1, 0.15) is 5.82 Å². The second-order valence-electron chi connectivity index (χ2n) is 5.67. The minimum absolute atomic E-state index is 0.313. The van der Waals surface area contributed by atoms with Crippen molar-refractivity contribution in [3.05, 3.63) is 17.7 Å². The van der Waals surface area contributed by atoms with Crippen molar-refractivity contribution in [2.45, 2.75) is 57.7 Å². The van der Waals surface area contributed by atoms with Crippen molar-refractivity contribution in [3.8, 4) is 0 Å². The molecule has 0 aromatic carbocycles. The monoisotopic (exact) mass is 248 g/mol. The van der Waals surface area contributed by atoms with Gasteiger partial charge in [-0.05, 0) is 32.4 Å². The maximum atomic E-state index is 6.03. The van der Waals surface area contributed by atoms with Crippen LogP contribution in [0.15, 0.2) is 6.20 Å². The van der Waals surface area contributed by atoms with Crippen LogP contribution in [0.4, 0.5) is 0 Å². The quantitative estimate of drug-likeness (QED) is 0.866. The molecule has 100 valence electrons. The third kappa shape index (κ3) is 2.19. The first-order valence-electron chi connectivity index (χ1n) is 7.33. The number of hydrogen-bond acceptors (Lipinski definition) is 3. The molecule has 0 amide bonds. The summed E-state index contributed by atoms with van der Waals surface area (Å²) < 4.78 is 2.28. The molecular formula is C14H24N4. The molecule has 1 saturated heterocycles. The number of imidazole rings is 1. The Hall–Kier alpha value is -0.870. The summed E-state index contributed by atoms with van der Waals surface area (Å²) in [5.74, 6) is 1.24. The van der Waals surface area contributed by atoms with Gasteiger partial charge in [0.15, 0.2) is 0 Å². The zero-order valence-corrected chi connectivity index (χ0v) is 11.3. The maximum absolute atomic E-state index is 6.03. The van der Waals surface area contributed by atoms with Gasteiger partial charge < -0.3 is 10.3 Å². The van der Waals surface area contributed by atoms with E-state index in [1.807, 2.05) is 0 Å². The molecule has 0 radical (unpaired) electrons. The zero-order valence-electron chi connectivity index (χ0n) is 11.3. The van der Waals surface area contributed by atoms with E-state index in [1.165, 1.54) is 37.3 Å². The highest BCUT2D eigenvalue weighted by Crippen LogP contribution is 2.30. The highest BCUT2D eigenvalue weighted by molar-refractivity contribution is 5.12. The summed E-state index contributed by atoms with van der Waals surface area (Å²) in [5, 5.41) is 0. The van der Waals surface area contributed by atoms with Crippen molar-refractivity contribution < 1.29 is 0 Å². The zero-order chi connectivity index (χ0) is 12.5. The predicted molar refractivity (Wildman–Crippen MR) is 72.4 cm³/mol. The Bertz CT molecular complexity index is 412. The Balaban J connectivity index is 1.83. The molecule has 0 aliphatic carbocycles. The smallest absolute Gasteiger partial charge is 0.109 e. The molecule has 1 aromatic rings. The average Bonchev–Trinajstić information content (AvgIpc) is 2.81. The number of nitrogens with zero attached hydrogens (tertiary/aromatic N) is 3. The van der Waals surface area contributed by atoms with Crippen LogP contribution in [-0.2, 0) is 13.0 Å². The van der Waals surface area contributed by atoms with Gasteiger partial charge in [0.05, 0.1) is 11.7 Å². The van der Waals surface area contributed by atoms with Gasteiger partial charge in [0.2, 0.25) is 0 Å². The number of aromatic nitrogens is 2. The third-order valence-corrected chi connectivity index (χ3v) is 4.41. The van der Waals surface area contributed by atoms with Crippen LogP contribution in [0.3, 0.4) is 0 Å². The first kappa shape index (κ1) is 12.2. The van der Waals surface area contributed by atoms with Crippen LogP contribution >= 0.6 is 0 Å². The molecule has 0 spiro atoms. The third-order valence-electron chi connectivity index (χ3n) is 4.41. The number of hydrogen-bond donors (Lipinski definition) is 1. The molecule has 2 aliphatic heterocycles. The summed E-state index contributed by atoms with van der Waals surface area (Å²) >= 11 is 0. The van der Waals surface area contributed by atoms with E-state index in [0.29, 0.717) is 12.1 Å². The molecule has 3 rings (SSSR count). The topological polar surface area (TPSA) is 47.1 Å². The average molecular weight is 248 g/mol. The van der Waals surface area contributed by atoms with Gasteiger partial charge in [0, 0.05) is 25.2 Å². The minimum atomic E-state index is 0.313. The molecule has 2 aliphatic rings. The Kier molecular flexibility index (Phi) is 3.39. The SMILES string of the molecule is CCN1CCCCC1c1cn2c(n1)CCC(N)C2. The van der Waals surface area contributed by atoms with Crippen molar-refractivity contribution in [2.75, 3.05) is 13.1 Å². The molecule has 0 bridgehead atoms. The van der Waals surface area contributed by atoms with Gasteiger partial charge in [0.25, 0.3) is 0 Å². The van der Waals surface area contributed by atoms with Gasteiger partial charge >= 0.3 is 0 Å². The molecule has 2 unspecified atom stereocenters. The molecule has 4 heteroatoms. The van der Waals surface area contributed by atoms with Crippen LogP contribution < -0.4 is 5.73 Å². The number of aryl methyl sites for hydroxylation is 1. The summed E-state index contributed by atoms with van der Waals surface area (Å²) in [6, 6.07) is 0.853. The standard InChI is InChI=1S/C14H24N4/c1-2-17-8-4-3-5-13(17)12-10-18-9-11(15)6-7-14(18)16-12/h10-11,13H,2-9,15H2,1H3. The van der Waals surface area contributed by atoms with Crippen molar-refractivity contribution in [1.82, 2.24) is 14.5 Å². The van der Waals surface area contributed by atoms with Gasteiger partial charge in [-0.2, -0.15) is 0 Å². The molecule has 18 heavy (non-hydrogen) atoms. The van der Waals surface area contributed by atoms with E-state index in [-0.39, 0.29) is 0 Å². The summed E-state index contributed by atoms with van der Waals surface area (Å²) in [6.07, 6.45) is 8.31. The highest BCUT2D eigenvalue weighted by atomic mass is 15.2. The maximum Gasteiger partial charge on any atom is 0.109 e. The van der Waals surface area contributed by atoms with Gasteiger partial charge in [-0.1, -0.05) is 13.3 Å². The highest BCUT2D eigenvalue weighted by Gasteiger charge is 2.27. The van der Waals surface area contributed by atoms with E-state index >= 15 is 0 Å². The van der Waals surface area contributed by atoms with E-state index in [1.54, 1.807) is 0 Å². The summed E-state index contributed by atoms with van der Waals surface area (Å²) in [4.78, 5) is 7.44. The Morgan fingerprint density at radius 2 is 2.28 bits per heavy atom. The van der Waals surface area contributed by atoms with Crippen LogP contribution in [0.5, 0.6) is 0 Å². The van der Waals surface area contributed by atoms with Crippen molar-refractivity contribution in [2.24, 2.45) is 5.73 Å². The summed E-state index contributed by atoms with van der Waals surface area (Å²) in [5.41, 5.74) is 7.31. The van der Waals surface area contributed by atoms with E-state index in [4.69, 9.17) is 10.7 Å². The summed E-state index contributed by atoms with van der Waals surface area (Å²) in [7, 11) is 0. The largest absolute Gasteiger partial charge is 0.333 e. The Morgan fingerprint density at radius 1 is 1.39 bits per heavy atom. The number of nitrogens with two attached hydrogens (primary N) is 1. The molecule has 0 saturated carbocycles. The lowest BCUT2D eigenvalue weighted by atomic mass is 10.00. The first-order chi connectivity index (χ1) is 8.78. The van der Waals surface area contributed by atoms with Gasteiger partial charge in [-0.15, -0.1) is 0 Å². The van der Waals surface area contributed by atoms with E-state index in [0.717, 1.165) is 25.9 Å². The fraction of sp³-hybridized carbons (Fsp3) is 0.786. The van der Waals surface area contributed by atoms with Crippen LogP contribution in [0.2, 0.25) is 0 Å². The van der Waals surface area contributed by atoms with E-state index in [9.17, 15) is 0 Å². The fourth-order valence-electron chi connectivity index (χ4n) is 3.36. The van der Waals surface area contributed by atoms with Gasteiger partial charge in [-0.3, -0.25) is 4.90 Å². The Labute approximate surface area is 109 Å². The molecule has 1 fully saturated rings. The Morgan fingerprint density at radius 3 is 3.11 bits per heavy atom. The number of likely N-dealkylation sites (tertiary alicyclic amines) is 1. The molecule has 3 heterocycles. The lowest BCUT2D eigenvalue weighted by Gasteiger charge is -2.33. The first-order valence-corrected chi connectivity index (χ1v) is 7.33. The lowest BCUT2D eigenvalue weighted by Crippen LogP contribution is -2.33. The van der Waals surface area contributed by atoms with Crippen molar-refractivity contribution in [3.63, 3.8) is 0 Å². The molecule has 2 atom stereocenters. The number of rotatable bonds is 2. The predicted octanol–water partition coefficient (Wildman–Crippen LogP) is 1.70. The fourth-order valence-corrected chi connectivity index (χ4v) is 3.36. The van der Waals surface area contributed by atoms with E-state index in [2.05, 4.69) is 22.6 Å². The normalized spacial score (nSPS) is 29.2. The van der Waals surface area contributed by atoms with Crippen molar-refractivity contribution >= 4 is 0 Å². The second kappa shape index (κ2) is 5.02. The second-order valence-corrected chi connectivity index (χ2v) is 5.67. The van der Waals surface area contributed by atoms with Crippen molar-refractivity contribution in [1.29, 1.82) is 0 Å². The van der Waals surface area contributed by atoms with Gasteiger partial charge in [-0.25, -0.2) is 4.98 Å². The molecule has 4 nitrogen and oxygen atoms in total. The van der Waals surface area contributed by atoms with Crippen LogP contribution in [0.1, 0.15) is 50.2 Å². The summed E-state index contributed by atoms with van der Waals surface area (Å²) in [6.45, 7) is 5.56. The van der Waals surface area contributed by atoms with Crippen LogP contribution in [-0.4, -0.2) is 33.6 Å². The number of fused-ring (bicyclic) bond motifs is 1. The molecule has 1 aromatic heterocycles. The minimum Gasteiger partial charge on any atom is -0.333 e. The van der Waals surface area contributed by atoms with Crippen LogP contribution in [0.25, 0.3) is 0 Å². The van der Waals surface area contributed by atoms with Crippen LogP contribution in [0, 0.1) is 0 Å². The molecular weight excluding hydrogens is 224 g/mol. The molecule has 2 N–H and O–H groups in total. The number of piperidine rings is 1.